The van der Waals surface area contributed by atoms with Crippen molar-refractivity contribution in [3.8, 4) is 0 Å². The first-order valence-electron chi connectivity index (χ1n) is 19.3. The molecule has 2 aromatic rings. The summed E-state index contributed by atoms with van der Waals surface area (Å²) in [4.78, 5) is 14.9. The van der Waals surface area contributed by atoms with Crippen LogP contribution in [0.15, 0.2) is 46.8 Å². The number of nitrogens with zero attached hydrogens (tertiary/aromatic N) is 1. The smallest absolute Gasteiger partial charge is 0.192 e. The number of carbonyl (C=O) groups is 1. The molecule has 1 saturated heterocycles. The lowest BCUT2D eigenvalue weighted by Crippen LogP contribution is -2.62. The van der Waals surface area contributed by atoms with Crippen LogP contribution in [0.25, 0.3) is 16.5 Å². The number of rotatable bonds is 3. The molecule has 0 unspecified atom stereocenters. The van der Waals surface area contributed by atoms with Gasteiger partial charge in [-0.15, -0.1) is 23.5 Å². The Balaban J connectivity index is 1.24. The third-order valence-electron chi connectivity index (χ3n) is 15.1. The minimum absolute atomic E-state index is 0.0707. The summed E-state index contributed by atoms with van der Waals surface area (Å²) >= 11 is 3.90. The van der Waals surface area contributed by atoms with Crippen molar-refractivity contribution in [3.05, 3.63) is 74.7 Å². The van der Waals surface area contributed by atoms with E-state index in [1.165, 1.54) is 38.8 Å². The molecule has 7 heteroatoms. The first-order chi connectivity index (χ1) is 24.0. The SMILES string of the molecule is C=C(C)[C@H]1C(=O)c2c3c(cc4c5c(n1c24)[C@@]1(C)[C@@H](CC[C@H]2[C@](C)(/C=C/C=C4SCCCS4)[C@@H](O)CC[C@@]21C)C5)C1=CC(C)(C)OC(C)(C)[C@H]1[C@@H]3O. The van der Waals surface area contributed by atoms with Gasteiger partial charge >= 0.3 is 0 Å². The summed E-state index contributed by atoms with van der Waals surface area (Å²) in [5.41, 5.74) is 6.47. The molecule has 0 spiro atoms. The largest absolute Gasteiger partial charge is 0.392 e. The van der Waals surface area contributed by atoms with Gasteiger partial charge in [0.15, 0.2) is 5.78 Å². The van der Waals surface area contributed by atoms with Gasteiger partial charge in [-0.05, 0) is 137 Å². The summed E-state index contributed by atoms with van der Waals surface area (Å²) < 4.78 is 10.3. The van der Waals surface area contributed by atoms with Gasteiger partial charge in [-0.3, -0.25) is 4.79 Å². The van der Waals surface area contributed by atoms with Crippen molar-refractivity contribution < 1.29 is 19.7 Å². The molecule has 1 aromatic heterocycles. The Labute approximate surface area is 312 Å². The van der Waals surface area contributed by atoms with Gasteiger partial charge in [-0.1, -0.05) is 45.1 Å². The van der Waals surface area contributed by atoms with Gasteiger partial charge in [-0.2, -0.15) is 0 Å². The van der Waals surface area contributed by atoms with Crippen molar-refractivity contribution in [2.75, 3.05) is 11.5 Å². The standard InChI is InChI=1S/C44H55NO4S2/c1-23(2)35-38(48)33-32-25(28-22-40(3,4)49-41(5,6)34(28)37(32)47)21-26-27-20-24-13-14-29-42(7,16-10-12-31-50-18-11-19-51-31)30(46)15-17-43(29,8)44(24,9)39(27)45(35)36(26)33/h10,12,16,21-22,24,29-30,34-35,37,46-47H,1,11,13-15,17-20H2,2-9H3/b16-10+/t24-,29-,30-,34+,35-,37+,42-,43-,44+/m0/s1. The third-order valence-corrected chi connectivity index (χ3v) is 17.6. The molecule has 7 aliphatic rings. The Morgan fingerprint density at radius 3 is 2.49 bits per heavy atom. The maximum Gasteiger partial charge on any atom is 0.192 e. The number of ether oxygens (including phenoxy) is 1. The van der Waals surface area contributed by atoms with Crippen LogP contribution in [0.4, 0.5) is 0 Å². The van der Waals surface area contributed by atoms with Crippen LogP contribution in [-0.4, -0.2) is 49.4 Å². The second-order valence-corrected chi connectivity index (χ2v) is 21.2. The van der Waals surface area contributed by atoms with Crippen LogP contribution in [0.5, 0.6) is 0 Å². The van der Waals surface area contributed by atoms with Crippen molar-refractivity contribution in [1.82, 2.24) is 4.57 Å². The summed E-state index contributed by atoms with van der Waals surface area (Å²) in [6.07, 6.45) is 14.0. The summed E-state index contributed by atoms with van der Waals surface area (Å²) in [5, 5.41) is 25.2. The minimum Gasteiger partial charge on any atom is -0.392 e. The molecule has 2 saturated carbocycles. The number of hydrogen-bond donors (Lipinski definition) is 2. The fourth-order valence-corrected chi connectivity index (χ4v) is 15.3. The average Bonchev–Trinajstić information content (AvgIpc) is 3.72. The minimum atomic E-state index is -0.824. The van der Waals surface area contributed by atoms with Crippen molar-refractivity contribution in [1.29, 1.82) is 0 Å². The molecule has 4 heterocycles. The van der Waals surface area contributed by atoms with Gasteiger partial charge in [0, 0.05) is 37.6 Å². The average molecular weight is 726 g/mol. The Morgan fingerprint density at radius 1 is 1.06 bits per heavy atom. The Hall–Kier alpha value is -2.03. The van der Waals surface area contributed by atoms with Crippen molar-refractivity contribution in [3.63, 3.8) is 0 Å². The second-order valence-electron chi connectivity index (χ2n) is 18.7. The van der Waals surface area contributed by atoms with Gasteiger partial charge in [0.05, 0.1) is 34.5 Å². The van der Waals surface area contributed by atoms with Crippen LogP contribution in [-0.2, 0) is 16.6 Å². The van der Waals surface area contributed by atoms with Gasteiger partial charge in [-0.25, -0.2) is 0 Å². The van der Waals surface area contributed by atoms with E-state index in [1.54, 1.807) is 0 Å². The highest BCUT2D eigenvalue weighted by atomic mass is 32.2. The summed E-state index contributed by atoms with van der Waals surface area (Å²) in [6.45, 7) is 22.1. The highest BCUT2D eigenvalue weighted by molar-refractivity contribution is 8.22. The topological polar surface area (TPSA) is 71.7 Å². The maximum atomic E-state index is 14.9. The number of aromatic nitrogens is 1. The number of aliphatic hydroxyl groups excluding tert-OH is 2. The lowest BCUT2D eigenvalue weighted by atomic mass is 9.40. The molecule has 272 valence electrons. The van der Waals surface area contributed by atoms with Crippen LogP contribution in [0.3, 0.4) is 0 Å². The van der Waals surface area contributed by atoms with Crippen molar-refractivity contribution in [2.45, 2.75) is 129 Å². The van der Waals surface area contributed by atoms with E-state index in [0.29, 0.717) is 11.5 Å². The van der Waals surface area contributed by atoms with E-state index >= 15 is 0 Å². The van der Waals surface area contributed by atoms with Crippen molar-refractivity contribution in [2.24, 2.45) is 28.6 Å². The van der Waals surface area contributed by atoms with E-state index in [9.17, 15) is 15.0 Å². The Bertz CT molecular complexity index is 2010. The summed E-state index contributed by atoms with van der Waals surface area (Å²) in [6, 6.07) is 1.86. The highest BCUT2D eigenvalue weighted by Gasteiger charge is 2.67. The van der Waals surface area contributed by atoms with E-state index in [2.05, 4.69) is 90.0 Å². The first-order valence-corrected chi connectivity index (χ1v) is 21.3. The quantitative estimate of drug-likeness (QED) is 0.307. The lowest BCUT2D eigenvalue weighted by molar-refractivity contribution is -0.144. The number of thioether (sulfide) groups is 2. The van der Waals surface area contributed by atoms with Crippen LogP contribution < -0.4 is 0 Å². The lowest BCUT2D eigenvalue weighted by Gasteiger charge is -2.64. The van der Waals surface area contributed by atoms with E-state index in [-0.39, 0.29) is 33.9 Å². The van der Waals surface area contributed by atoms with Gasteiger partial charge < -0.3 is 19.5 Å². The molecule has 4 aliphatic carbocycles. The number of fused-ring (bicyclic) bond motifs is 11. The number of carbonyl (C=O) groups excluding carboxylic acids is 1. The second kappa shape index (κ2) is 11.0. The van der Waals surface area contributed by atoms with Crippen LogP contribution in [0, 0.1) is 28.6 Å². The summed E-state index contributed by atoms with van der Waals surface area (Å²) in [7, 11) is 0. The van der Waals surface area contributed by atoms with Crippen LogP contribution >= 0.6 is 23.5 Å². The molecular weight excluding hydrogens is 671 g/mol. The number of Topliss-reactive ketones (excluding diaryl/α,β-unsaturated/α-hetero) is 1. The normalized spacial score (nSPS) is 40.2. The predicted octanol–water partition coefficient (Wildman–Crippen LogP) is 9.86. The van der Waals surface area contributed by atoms with Crippen LogP contribution in [0.2, 0.25) is 0 Å². The molecule has 0 amide bonds. The molecule has 2 N–H and O–H groups in total. The molecule has 9 rings (SSSR count). The fourth-order valence-electron chi connectivity index (χ4n) is 13.0. The van der Waals surface area contributed by atoms with E-state index < -0.39 is 29.5 Å². The molecular formula is C44H55NO4S2. The molecule has 1 aromatic carbocycles. The molecule has 51 heavy (non-hydrogen) atoms. The zero-order valence-corrected chi connectivity index (χ0v) is 33.3. The third kappa shape index (κ3) is 4.39. The van der Waals surface area contributed by atoms with Gasteiger partial charge in [0.1, 0.15) is 6.04 Å². The molecule has 5 nitrogen and oxygen atoms in total. The van der Waals surface area contributed by atoms with Crippen molar-refractivity contribution >= 4 is 45.8 Å². The monoisotopic (exact) mass is 725 g/mol. The molecule has 0 radical (unpaired) electrons. The summed E-state index contributed by atoms with van der Waals surface area (Å²) in [5.74, 6) is 2.94. The molecule has 3 aliphatic heterocycles. The predicted molar refractivity (Wildman–Crippen MR) is 211 cm³/mol. The van der Waals surface area contributed by atoms with E-state index in [0.717, 1.165) is 59.9 Å². The van der Waals surface area contributed by atoms with Gasteiger partial charge in [0.25, 0.3) is 0 Å². The molecule has 3 fully saturated rings. The Morgan fingerprint density at radius 2 is 1.78 bits per heavy atom. The van der Waals surface area contributed by atoms with E-state index in [4.69, 9.17) is 4.74 Å². The zero-order chi connectivity index (χ0) is 36.2. The molecule has 9 atom stereocenters. The number of ketones is 1. The number of hydrogen-bond acceptors (Lipinski definition) is 6. The number of aliphatic hydroxyl groups is 2. The van der Waals surface area contributed by atoms with Gasteiger partial charge in [0.2, 0.25) is 0 Å². The zero-order valence-electron chi connectivity index (χ0n) is 31.7. The number of allylic oxidation sites excluding steroid dienone is 3. The molecule has 0 bridgehead atoms. The highest BCUT2D eigenvalue weighted by Crippen LogP contribution is 2.71. The maximum absolute atomic E-state index is 14.9. The fraction of sp³-hybridized carbons (Fsp3) is 0.614. The van der Waals surface area contributed by atoms with Crippen LogP contribution in [0.1, 0.15) is 132 Å². The first kappa shape index (κ1) is 34.7. The number of benzene rings is 1. The Kier molecular flexibility index (Phi) is 7.51. The van der Waals surface area contributed by atoms with E-state index in [1.807, 2.05) is 30.4 Å².